The Kier molecular flexibility index (Phi) is 5.24. The fourth-order valence-electron chi connectivity index (χ4n) is 1.61. The van der Waals surface area contributed by atoms with Crippen LogP contribution in [0.4, 0.5) is 10.1 Å². The topological polar surface area (TPSA) is 44.5 Å². The zero-order chi connectivity index (χ0) is 14.4. The van der Waals surface area contributed by atoms with E-state index in [0.717, 1.165) is 0 Å². The lowest BCUT2D eigenvalue weighted by Gasteiger charge is -2.09. The number of nitrogens with two attached hydrogens (primary N) is 1. The summed E-state index contributed by atoms with van der Waals surface area (Å²) in [5, 5.41) is 0. The van der Waals surface area contributed by atoms with Crippen LogP contribution in [0.1, 0.15) is 6.42 Å². The molecule has 0 fully saturated rings. The van der Waals surface area contributed by atoms with E-state index in [1.54, 1.807) is 18.2 Å². The lowest BCUT2D eigenvalue weighted by molar-refractivity contribution is 0.248. The minimum absolute atomic E-state index is 0.305. The Labute approximate surface area is 125 Å². The van der Waals surface area contributed by atoms with Crippen molar-refractivity contribution in [2.75, 3.05) is 18.9 Å². The molecule has 0 bridgehead atoms. The smallest absolute Gasteiger partial charge is 0.142 e. The van der Waals surface area contributed by atoms with Crippen LogP contribution in [0.5, 0.6) is 11.5 Å². The van der Waals surface area contributed by atoms with Crippen molar-refractivity contribution in [1.82, 2.24) is 0 Å². The molecule has 0 saturated carbocycles. The summed E-state index contributed by atoms with van der Waals surface area (Å²) < 4.78 is 24.5. The van der Waals surface area contributed by atoms with Crippen molar-refractivity contribution in [2.45, 2.75) is 6.42 Å². The summed E-state index contributed by atoms with van der Waals surface area (Å²) in [6.45, 7) is 1.00. The molecule has 0 unspecified atom stereocenters. The molecule has 5 heteroatoms. The van der Waals surface area contributed by atoms with E-state index < -0.39 is 0 Å². The van der Waals surface area contributed by atoms with Gasteiger partial charge in [0.2, 0.25) is 0 Å². The quantitative estimate of drug-likeness (QED) is 0.638. The molecule has 0 atom stereocenters. The Morgan fingerprint density at radius 1 is 1.05 bits per heavy atom. The van der Waals surface area contributed by atoms with Gasteiger partial charge < -0.3 is 15.2 Å². The molecule has 0 saturated heterocycles. The van der Waals surface area contributed by atoms with E-state index in [0.29, 0.717) is 41.3 Å². The summed E-state index contributed by atoms with van der Waals surface area (Å²) in [7, 11) is 0. The van der Waals surface area contributed by atoms with Crippen molar-refractivity contribution in [3.8, 4) is 11.5 Å². The van der Waals surface area contributed by atoms with Gasteiger partial charge in [0.05, 0.1) is 23.4 Å². The summed E-state index contributed by atoms with van der Waals surface area (Å²) in [5.41, 5.74) is 6.38. The maximum atomic E-state index is 13.0. The van der Waals surface area contributed by atoms with Gasteiger partial charge in [-0.3, -0.25) is 0 Å². The Morgan fingerprint density at radius 3 is 2.55 bits per heavy atom. The Hall–Kier alpha value is -1.75. The summed E-state index contributed by atoms with van der Waals surface area (Å²) in [6.07, 6.45) is 0.712. The highest BCUT2D eigenvalue weighted by molar-refractivity contribution is 9.10. The summed E-state index contributed by atoms with van der Waals surface area (Å²) >= 11 is 3.11. The highest BCUT2D eigenvalue weighted by Gasteiger charge is 2.02. The molecule has 0 radical (unpaired) electrons. The number of halogens is 2. The monoisotopic (exact) mass is 339 g/mol. The molecule has 20 heavy (non-hydrogen) atoms. The predicted molar refractivity (Wildman–Crippen MR) is 80.6 cm³/mol. The molecule has 0 aliphatic heterocycles. The normalized spacial score (nSPS) is 10.3. The molecule has 3 nitrogen and oxygen atoms in total. The van der Waals surface area contributed by atoms with Crippen LogP contribution >= 0.6 is 15.9 Å². The molecular weight excluding hydrogens is 325 g/mol. The molecule has 0 aliphatic carbocycles. The standard InChI is InChI=1S/C15H15BrFNO2/c16-12-10-11(6-7-13(12)17)19-8-3-9-20-15-5-2-1-4-14(15)18/h1-2,4-7,10H,3,8-9,18H2. The summed E-state index contributed by atoms with van der Waals surface area (Å²) in [6, 6.07) is 11.9. The van der Waals surface area contributed by atoms with Crippen molar-refractivity contribution < 1.29 is 13.9 Å². The molecule has 0 aliphatic rings. The Morgan fingerprint density at radius 2 is 1.80 bits per heavy atom. The average molecular weight is 340 g/mol. The van der Waals surface area contributed by atoms with Gasteiger partial charge in [0.1, 0.15) is 17.3 Å². The van der Waals surface area contributed by atoms with Crippen molar-refractivity contribution in [2.24, 2.45) is 0 Å². The fourth-order valence-corrected chi connectivity index (χ4v) is 1.97. The number of ether oxygens (including phenoxy) is 2. The zero-order valence-electron chi connectivity index (χ0n) is 10.8. The third-order valence-electron chi connectivity index (χ3n) is 2.63. The molecule has 2 rings (SSSR count). The van der Waals surface area contributed by atoms with Crippen LogP contribution in [0.2, 0.25) is 0 Å². The van der Waals surface area contributed by atoms with Gasteiger partial charge in [0.25, 0.3) is 0 Å². The average Bonchev–Trinajstić information content (AvgIpc) is 2.44. The molecule has 0 spiro atoms. The van der Waals surface area contributed by atoms with Crippen LogP contribution in [0.15, 0.2) is 46.9 Å². The van der Waals surface area contributed by atoms with E-state index in [1.807, 2.05) is 18.2 Å². The van der Waals surface area contributed by atoms with Crippen LogP contribution in [0.25, 0.3) is 0 Å². The van der Waals surface area contributed by atoms with Gasteiger partial charge in [0, 0.05) is 6.42 Å². The van der Waals surface area contributed by atoms with Crippen LogP contribution < -0.4 is 15.2 Å². The number of hydrogen-bond donors (Lipinski definition) is 1. The molecular formula is C15H15BrFNO2. The number of rotatable bonds is 6. The van der Waals surface area contributed by atoms with E-state index in [4.69, 9.17) is 15.2 Å². The first-order valence-electron chi connectivity index (χ1n) is 6.22. The molecule has 0 amide bonds. The van der Waals surface area contributed by atoms with E-state index >= 15 is 0 Å². The second-order valence-electron chi connectivity index (χ2n) is 4.16. The molecule has 2 aromatic rings. The third kappa shape index (κ3) is 4.13. The van der Waals surface area contributed by atoms with Crippen LogP contribution in [-0.4, -0.2) is 13.2 Å². The van der Waals surface area contributed by atoms with E-state index in [2.05, 4.69) is 15.9 Å². The number of benzene rings is 2. The van der Waals surface area contributed by atoms with Gasteiger partial charge in [-0.25, -0.2) is 4.39 Å². The maximum absolute atomic E-state index is 13.0. The fraction of sp³-hybridized carbons (Fsp3) is 0.200. The summed E-state index contributed by atoms with van der Waals surface area (Å²) in [5.74, 6) is 0.995. The third-order valence-corrected chi connectivity index (χ3v) is 3.23. The van der Waals surface area contributed by atoms with Gasteiger partial charge >= 0.3 is 0 Å². The second kappa shape index (κ2) is 7.14. The van der Waals surface area contributed by atoms with Crippen LogP contribution in [0.3, 0.4) is 0 Å². The zero-order valence-corrected chi connectivity index (χ0v) is 12.4. The predicted octanol–water partition coefficient (Wildman–Crippen LogP) is 4.02. The van der Waals surface area contributed by atoms with Gasteiger partial charge in [0.15, 0.2) is 0 Å². The second-order valence-corrected chi connectivity index (χ2v) is 5.02. The number of para-hydroxylation sites is 2. The van der Waals surface area contributed by atoms with Gasteiger partial charge in [-0.05, 0) is 46.3 Å². The van der Waals surface area contributed by atoms with E-state index in [1.165, 1.54) is 6.07 Å². The number of anilines is 1. The van der Waals surface area contributed by atoms with Crippen LogP contribution in [0, 0.1) is 5.82 Å². The minimum atomic E-state index is -0.305. The van der Waals surface area contributed by atoms with Gasteiger partial charge in [-0.1, -0.05) is 12.1 Å². The molecule has 2 aromatic carbocycles. The number of nitrogen functional groups attached to an aromatic ring is 1. The first-order chi connectivity index (χ1) is 9.66. The van der Waals surface area contributed by atoms with Crippen molar-refractivity contribution in [1.29, 1.82) is 0 Å². The largest absolute Gasteiger partial charge is 0.493 e. The minimum Gasteiger partial charge on any atom is -0.493 e. The Bertz CT molecular complexity index is 578. The molecule has 0 heterocycles. The highest BCUT2D eigenvalue weighted by atomic mass is 79.9. The van der Waals surface area contributed by atoms with Crippen molar-refractivity contribution in [3.63, 3.8) is 0 Å². The highest BCUT2D eigenvalue weighted by Crippen LogP contribution is 2.22. The summed E-state index contributed by atoms with van der Waals surface area (Å²) in [4.78, 5) is 0. The first kappa shape index (κ1) is 14.7. The van der Waals surface area contributed by atoms with E-state index in [9.17, 15) is 4.39 Å². The molecule has 106 valence electrons. The van der Waals surface area contributed by atoms with Gasteiger partial charge in [-0.2, -0.15) is 0 Å². The first-order valence-corrected chi connectivity index (χ1v) is 7.01. The SMILES string of the molecule is Nc1ccccc1OCCCOc1ccc(F)c(Br)c1. The van der Waals surface area contributed by atoms with Crippen molar-refractivity contribution >= 4 is 21.6 Å². The van der Waals surface area contributed by atoms with Crippen molar-refractivity contribution in [3.05, 3.63) is 52.8 Å². The molecule has 2 N–H and O–H groups in total. The Balaban J connectivity index is 1.71. The molecule has 0 aromatic heterocycles. The van der Waals surface area contributed by atoms with Crippen LogP contribution in [-0.2, 0) is 0 Å². The maximum Gasteiger partial charge on any atom is 0.142 e. The lowest BCUT2D eigenvalue weighted by atomic mass is 10.3. The lowest BCUT2D eigenvalue weighted by Crippen LogP contribution is -2.06. The number of hydrogen-bond acceptors (Lipinski definition) is 3. The van der Waals surface area contributed by atoms with Gasteiger partial charge in [-0.15, -0.1) is 0 Å². The van der Waals surface area contributed by atoms with E-state index in [-0.39, 0.29) is 5.82 Å².